The molecule has 130 valence electrons. The summed E-state index contributed by atoms with van der Waals surface area (Å²) in [6.45, 7) is 10.9. The number of nitrogens with zero attached hydrogens (tertiary/aromatic N) is 2. The van der Waals surface area contributed by atoms with Gasteiger partial charge < -0.3 is 15.5 Å². The minimum absolute atomic E-state index is 0. The second-order valence-electron chi connectivity index (χ2n) is 7.60. The summed E-state index contributed by atoms with van der Waals surface area (Å²) in [7, 11) is 1.79. The molecule has 22 heavy (non-hydrogen) atoms. The first-order valence-electron chi connectivity index (χ1n) is 7.33. The van der Waals surface area contributed by atoms with Crippen LogP contribution in [0.25, 0.3) is 0 Å². The van der Waals surface area contributed by atoms with Gasteiger partial charge in [0.25, 0.3) is 0 Å². The highest BCUT2D eigenvalue weighted by atomic mass is 35.5. The maximum Gasteiger partial charge on any atom is 0.246 e. The molecule has 0 spiro atoms. The fourth-order valence-electron chi connectivity index (χ4n) is 2.32. The van der Waals surface area contributed by atoms with Crippen LogP contribution in [0.2, 0.25) is 0 Å². The summed E-state index contributed by atoms with van der Waals surface area (Å²) in [6.07, 6.45) is 0. The fraction of sp³-hybridized carbons (Fsp3) is 0.867. The van der Waals surface area contributed by atoms with Crippen LogP contribution in [-0.4, -0.2) is 59.4 Å². The maximum absolute atomic E-state index is 12.7. The molecule has 1 aliphatic heterocycles. The number of hydrogen-bond donors (Lipinski definition) is 1. The molecule has 1 rings (SSSR count). The van der Waals surface area contributed by atoms with Crippen LogP contribution in [0.4, 0.5) is 0 Å². The van der Waals surface area contributed by atoms with Crippen LogP contribution in [0.5, 0.6) is 0 Å². The lowest BCUT2D eigenvalue weighted by Crippen LogP contribution is -2.52. The normalized spacial score (nSPS) is 18.9. The molecule has 1 saturated heterocycles. The third-order valence-electron chi connectivity index (χ3n) is 3.66. The standard InChI is InChI=1S/C15H29N3O2S.ClH/c1-14(2,3)13(20)18-10-21-7-11(18)12(19)17(6)9-15(4,5)8-16;/h11H,7-10,16H2,1-6H3;1H. The number of hydrogen-bond acceptors (Lipinski definition) is 4. The first-order chi connectivity index (χ1) is 9.49. The molecule has 0 aromatic carbocycles. The Balaban J connectivity index is 0.00000441. The molecule has 1 fully saturated rings. The van der Waals surface area contributed by atoms with Crippen molar-refractivity contribution in [3.63, 3.8) is 0 Å². The summed E-state index contributed by atoms with van der Waals surface area (Å²) < 4.78 is 0. The third kappa shape index (κ3) is 5.32. The van der Waals surface area contributed by atoms with Gasteiger partial charge in [0.2, 0.25) is 11.8 Å². The molecule has 0 aliphatic carbocycles. The van der Waals surface area contributed by atoms with Crippen LogP contribution < -0.4 is 5.73 Å². The van der Waals surface area contributed by atoms with E-state index in [-0.39, 0.29) is 35.7 Å². The molecule has 1 atom stereocenters. The molecule has 1 aliphatic rings. The molecule has 0 bridgehead atoms. The Morgan fingerprint density at radius 1 is 1.27 bits per heavy atom. The van der Waals surface area contributed by atoms with Gasteiger partial charge in [0, 0.05) is 24.8 Å². The van der Waals surface area contributed by atoms with E-state index in [4.69, 9.17) is 5.73 Å². The highest BCUT2D eigenvalue weighted by molar-refractivity contribution is 7.99. The molecule has 1 heterocycles. The number of thioether (sulfide) groups is 1. The first-order valence-corrected chi connectivity index (χ1v) is 8.49. The number of likely N-dealkylation sites (N-methyl/N-ethyl adjacent to an activating group) is 1. The molecular weight excluding hydrogens is 322 g/mol. The number of carbonyl (C=O) groups is 2. The van der Waals surface area contributed by atoms with Crippen LogP contribution in [-0.2, 0) is 9.59 Å². The van der Waals surface area contributed by atoms with Gasteiger partial charge in [-0.05, 0) is 12.0 Å². The highest BCUT2D eigenvalue weighted by Crippen LogP contribution is 2.28. The number of nitrogens with two attached hydrogens (primary N) is 1. The van der Waals surface area contributed by atoms with Gasteiger partial charge in [0.05, 0.1) is 5.88 Å². The first kappa shape index (κ1) is 21.5. The van der Waals surface area contributed by atoms with Crippen molar-refractivity contribution in [1.29, 1.82) is 0 Å². The Bertz CT molecular complexity index is 410. The molecule has 2 N–H and O–H groups in total. The largest absolute Gasteiger partial charge is 0.343 e. The second-order valence-corrected chi connectivity index (χ2v) is 8.60. The van der Waals surface area contributed by atoms with E-state index < -0.39 is 5.41 Å². The van der Waals surface area contributed by atoms with Crippen molar-refractivity contribution in [3.8, 4) is 0 Å². The molecule has 0 saturated carbocycles. The minimum atomic E-state index is -0.460. The lowest BCUT2D eigenvalue weighted by Gasteiger charge is -2.34. The molecule has 1 unspecified atom stereocenters. The van der Waals surface area contributed by atoms with E-state index >= 15 is 0 Å². The maximum atomic E-state index is 12.7. The molecule has 0 radical (unpaired) electrons. The summed E-state index contributed by atoms with van der Waals surface area (Å²) in [4.78, 5) is 28.6. The van der Waals surface area contributed by atoms with Crippen LogP contribution in [0, 0.1) is 10.8 Å². The number of carbonyl (C=O) groups excluding carboxylic acids is 2. The Hall–Kier alpha value is -0.460. The molecule has 0 aromatic heterocycles. The van der Waals surface area contributed by atoms with E-state index in [1.165, 1.54) is 0 Å². The molecular formula is C15H30ClN3O2S. The minimum Gasteiger partial charge on any atom is -0.343 e. The summed E-state index contributed by atoms with van der Waals surface area (Å²) >= 11 is 1.64. The van der Waals surface area contributed by atoms with Gasteiger partial charge in [-0.2, -0.15) is 0 Å². The van der Waals surface area contributed by atoms with Crippen LogP contribution in [0.3, 0.4) is 0 Å². The third-order valence-corrected chi connectivity index (χ3v) is 4.68. The second kappa shape index (κ2) is 7.88. The van der Waals surface area contributed by atoms with E-state index in [2.05, 4.69) is 0 Å². The lowest BCUT2D eigenvalue weighted by molar-refractivity contribution is -0.147. The van der Waals surface area contributed by atoms with Gasteiger partial charge in [-0.1, -0.05) is 34.6 Å². The zero-order valence-corrected chi connectivity index (χ0v) is 16.1. The van der Waals surface area contributed by atoms with Gasteiger partial charge in [0.15, 0.2) is 0 Å². The highest BCUT2D eigenvalue weighted by Gasteiger charge is 2.40. The Labute approximate surface area is 144 Å². The fourth-order valence-corrected chi connectivity index (χ4v) is 3.46. The Morgan fingerprint density at radius 3 is 2.27 bits per heavy atom. The van der Waals surface area contributed by atoms with Gasteiger partial charge in [-0.25, -0.2) is 0 Å². The molecule has 5 nitrogen and oxygen atoms in total. The zero-order valence-electron chi connectivity index (χ0n) is 14.5. The van der Waals surface area contributed by atoms with Crippen molar-refractivity contribution in [2.75, 3.05) is 31.8 Å². The molecule has 2 amide bonds. The monoisotopic (exact) mass is 351 g/mol. The van der Waals surface area contributed by atoms with Crippen LogP contribution in [0.1, 0.15) is 34.6 Å². The Morgan fingerprint density at radius 2 is 1.82 bits per heavy atom. The lowest BCUT2D eigenvalue weighted by atomic mass is 9.92. The molecule has 7 heteroatoms. The van der Waals surface area contributed by atoms with Crippen LogP contribution in [0.15, 0.2) is 0 Å². The van der Waals surface area contributed by atoms with Gasteiger partial charge in [-0.3, -0.25) is 9.59 Å². The van der Waals surface area contributed by atoms with Crippen molar-refractivity contribution < 1.29 is 9.59 Å². The van der Waals surface area contributed by atoms with Gasteiger partial charge in [0.1, 0.15) is 6.04 Å². The van der Waals surface area contributed by atoms with Crippen molar-refractivity contribution in [2.24, 2.45) is 16.6 Å². The van der Waals surface area contributed by atoms with E-state index in [0.717, 1.165) is 0 Å². The molecule has 0 aromatic rings. The predicted molar refractivity (Wildman–Crippen MR) is 95.1 cm³/mol. The quantitative estimate of drug-likeness (QED) is 0.838. The summed E-state index contributed by atoms with van der Waals surface area (Å²) in [5.41, 5.74) is 5.16. The number of amides is 2. The number of halogens is 1. The smallest absolute Gasteiger partial charge is 0.246 e. The average molecular weight is 352 g/mol. The average Bonchev–Trinajstić information content (AvgIpc) is 2.84. The van der Waals surface area contributed by atoms with Crippen LogP contribution >= 0.6 is 24.2 Å². The van der Waals surface area contributed by atoms with Crippen molar-refractivity contribution in [2.45, 2.75) is 40.7 Å². The SMILES string of the molecule is CN(CC(C)(C)CN)C(=O)C1CSCN1C(=O)C(C)(C)C.Cl. The van der Waals surface area contributed by atoms with Crippen molar-refractivity contribution in [1.82, 2.24) is 9.80 Å². The number of rotatable bonds is 4. The summed E-state index contributed by atoms with van der Waals surface area (Å²) in [5, 5.41) is 0. The topological polar surface area (TPSA) is 66.6 Å². The van der Waals surface area contributed by atoms with E-state index in [9.17, 15) is 9.59 Å². The summed E-state index contributed by atoms with van der Waals surface area (Å²) in [6, 6.07) is -0.347. The van der Waals surface area contributed by atoms with E-state index in [1.807, 2.05) is 34.6 Å². The van der Waals surface area contributed by atoms with Gasteiger partial charge in [-0.15, -0.1) is 24.2 Å². The zero-order chi connectivity index (χ0) is 16.4. The Kier molecular flexibility index (Phi) is 7.72. The predicted octanol–water partition coefficient (Wildman–Crippen LogP) is 1.80. The van der Waals surface area contributed by atoms with E-state index in [0.29, 0.717) is 24.7 Å². The van der Waals surface area contributed by atoms with Crippen molar-refractivity contribution >= 4 is 36.0 Å². The van der Waals surface area contributed by atoms with E-state index in [1.54, 1.807) is 28.6 Å². The van der Waals surface area contributed by atoms with Gasteiger partial charge >= 0.3 is 0 Å². The van der Waals surface area contributed by atoms with Crippen molar-refractivity contribution in [3.05, 3.63) is 0 Å². The summed E-state index contributed by atoms with van der Waals surface area (Å²) in [5.74, 6) is 1.32.